The SMILES string of the molecule is O=C(Nc1ccc(S(=O)(=O)CCOS(=O)(=O)O)cc1)c1ccc(/N=N/c2c(NCS(=O)(=O)O)ccc3c(O)c(/N=N/c4ccc(S(=O)(=O)CCOS(=O)(=O)O)cc4)c(S(=O)(=O)O)cc23)cc1. The Hall–Kier alpha value is -5.91. The summed E-state index contributed by atoms with van der Waals surface area (Å²) in [6, 6.07) is 17.4. The lowest BCUT2D eigenvalue weighted by Crippen LogP contribution is -2.15. The fourth-order valence-electron chi connectivity index (χ4n) is 5.41. The van der Waals surface area contributed by atoms with E-state index < -0.39 is 114 Å². The number of azo groups is 2. The van der Waals surface area contributed by atoms with Gasteiger partial charge < -0.3 is 15.7 Å². The van der Waals surface area contributed by atoms with Crippen molar-refractivity contribution in [1.82, 2.24) is 0 Å². The molecule has 0 unspecified atom stereocenters. The van der Waals surface area contributed by atoms with Gasteiger partial charge in [0.25, 0.3) is 26.1 Å². The van der Waals surface area contributed by atoms with Crippen LogP contribution in [0.1, 0.15) is 10.4 Å². The number of phenolic OH excluding ortho intramolecular Hbond substituents is 1. The summed E-state index contributed by atoms with van der Waals surface area (Å²) in [4.78, 5) is 11.3. The van der Waals surface area contributed by atoms with Gasteiger partial charge in [0.2, 0.25) is 0 Å². The highest BCUT2D eigenvalue weighted by Gasteiger charge is 2.25. The third kappa shape index (κ3) is 14.3. The van der Waals surface area contributed by atoms with Crippen LogP contribution in [0.15, 0.2) is 126 Å². The van der Waals surface area contributed by atoms with Crippen LogP contribution in [0.4, 0.5) is 34.1 Å². The third-order valence-electron chi connectivity index (χ3n) is 8.42. The Morgan fingerprint density at radius 2 is 1.03 bits per heavy atom. The molecule has 5 rings (SSSR count). The van der Waals surface area contributed by atoms with Crippen LogP contribution in [-0.2, 0) is 69.1 Å². The molecule has 0 aromatic heterocycles. The quantitative estimate of drug-likeness (QED) is 0.0421. The molecule has 0 fully saturated rings. The molecule has 0 bridgehead atoms. The summed E-state index contributed by atoms with van der Waals surface area (Å²) < 4.78 is 186. The maximum absolute atomic E-state index is 13.0. The molecular weight excluding hydrogens is 1000 g/mol. The molecule has 354 valence electrons. The van der Waals surface area contributed by atoms with E-state index in [0.29, 0.717) is 0 Å². The number of rotatable bonds is 20. The van der Waals surface area contributed by atoms with Gasteiger partial charge in [0.05, 0.1) is 51.6 Å². The van der Waals surface area contributed by atoms with Crippen LogP contribution in [0.3, 0.4) is 0 Å². The van der Waals surface area contributed by atoms with Gasteiger partial charge in [-0.05, 0) is 91.0 Å². The summed E-state index contributed by atoms with van der Waals surface area (Å²) in [5, 5.41) is 31.5. The topological polar surface area (TPSA) is 415 Å². The summed E-state index contributed by atoms with van der Waals surface area (Å²) in [5.41, 5.74) is -1.21. The number of anilines is 2. The van der Waals surface area contributed by atoms with E-state index in [0.717, 1.165) is 48.5 Å². The number of carbonyl (C=O) groups is 1. The number of amides is 1. The van der Waals surface area contributed by atoms with E-state index in [1.54, 1.807) is 0 Å². The Morgan fingerprint density at radius 1 is 0.561 bits per heavy atom. The first-order valence-electron chi connectivity index (χ1n) is 17.6. The first-order valence-corrected chi connectivity index (χ1v) is 26.7. The first kappa shape index (κ1) is 51.1. The molecule has 0 heterocycles. The fourth-order valence-corrected chi connectivity index (χ4v) is 9.38. The van der Waals surface area contributed by atoms with Crippen LogP contribution in [0.2, 0.25) is 0 Å². The molecule has 0 saturated carbocycles. The number of carbonyl (C=O) groups excluding carboxylic acids is 1. The largest absolute Gasteiger partial charge is 0.505 e. The zero-order valence-corrected chi connectivity index (χ0v) is 37.7. The normalized spacial score (nSPS) is 13.1. The average molecular weight is 1040 g/mol. The number of nitrogens with zero attached hydrogens (tertiary/aromatic N) is 4. The third-order valence-corrected chi connectivity index (χ3v) is 14.1. The Labute approximate surface area is 375 Å². The van der Waals surface area contributed by atoms with Gasteiger partial charge in [0.15, 0.2) is 25.4 Å². The van der Waals surface area contributed by atoms with Crippen LogP contribution in [0.5, 0.6) is 5.75 Å². The summed E-state index contributed by atoms with van der Waals surface area (Å²) >= 11 is 0. The molecule has 0 atom stereocenters. The Balaban J connectivity index is 1.42. The van der Waals surface area contributed by atoms with E-state index >= 15 is 0 Å². The van der Waals surface area contributed by atoms with Gasteiger partial charge in [-0.2, -0.15) is 43.9 Å². The van der Waals surface area contributed by atoms with Crippen molar-refractivity contribution in [3.8, 4) is 5.75 Å². The van der Waals surface area contributed by atoms with Crippen molar-refractivity contribution < 1.29 is 87.0 Å². The number of phenols is 1. The second-order valence-electron chi connectivity index (χ2n) is 13.1. The van der Waals surface area contributed by atoms with Crippen LogP contribution in [0, 0.1) is 0 Å². The average Bonchev–Trinajstić information content (AvgIpc) is 3.20. The van der Waals surface area contributed by atoms with E-state index in [9.17, 15) is 69.5 Å². The molecule has 66 heavy (non-hydrogen) atoms. The zero-order chi connectivity index (χ0) is 48.9. The number of aromatic hydroxyl groups is 1. The zero-order valence-electron chi connectivity index (χ0n) is 32.8. The Kier molecular flexibility index (Phi) is 15.4. The highest BCUT2D eigenvalue weighted by atomic mass is 32.3. The number of nitrogens with one attached hydrogen (secondary N) is 2. The lowest BCUT2D eigenvalue weighted by atomic mass is 10.1. The van der Waals surface area contributed by atoms with Gasteiger partial charge in [-0.3, -0.25) is 23.0 Å². The van der Waals surface area contributed by atoms with Crippen LogP contribution in [0.25, 0.3) is 10.8 Å². The van der Waals surface area contributed by atoms with Gasteiger partial charge in [-0.15, -0.1) is 10.2 Å². The molecule has 5 aromatic carbocycles. The predicted molar refractivity (Wildman–Crippen MR) is 230 cm³/mol. The monoisotopic (exact) mass is 1040 g/mol. The number of hydrogen-bond donors (Lipinski definition) is 7. The van der Waals surface area contributed by atoms with E-state index in [4.69, 9.17) is 9.11 Å². The minimum atomic E-state index is -5.27. The van der Waals surface area contributed by atoms with Crippen molar-refractivity contribution in [3.05, 3.63) is 96.6 Å². The second kappa shape index (κ2) is 19.9. The number of benzene rings is 5. The number of fused-ring (bicyclic) bond motifs is 1. The fraction of sp³-hybridized carbons (Fsp3) is 0.147. The maximum Gasteiger partial charge on any atom is 0.397 e. The lowest BCUT2D eigenvalue weighted by Gasteiger charge is -2.14. The second-order valence-corrected chi connectivity index (χ2v) is 22.3. The molecular formula is C34H32N6O20S6. The summed E-state index contributed by atoms with van der Waals surface area (Å²) in [6.45, 7) is -1.74. The Morgan fingerprint density at radius 3 is 1.50 bits per heavy atom. The molecule has 0 aliphatic heterocycles. The van der Waals surface area contributed by atoms with Crippen molar-refractivity contribution in [3.63, 3.8) is 0 Å². The maximum atomic E-state index is 13.0. The minimum absolute atomic E-state index is 0.0479. The minimum Gasteiger partial charge on any atom is -0.505 e. The van der Waals surface area contributed by atoms with Crippen molar-refractivity contribution in [2.75, 3.05) is 41.2 Å². The van der Waals surface area contributed by atoms with Gasteiger partial charge in [0, 0.05) is 22.0 Å². The predicted octanol–water partition coefficient (Wildman–Crippen LogP) is 4.32. The van der Waals surface area contributed by atoms with Crippen LogP contribution >= 0.6 is 0 Å². The van der Waals surface area contributed by atoms with E-state index in [1.807, 2.05) is 0 Å². The molecule has 5 aromatic rings. The standard InChI is InChI=1S/C34H32N6O20S6/c41-33-27-13-14-29(35-20-63(47,48)49)31(28(27)19-30(64(50,51)52)32(33)40-38-24-7-11-26(12-8-24)62(45,46)18-16-60-66(56,57)58)39-37-23-3-1-21(2-4-23)34(42)36-22-5-9-25(10-6-22)61(43,44)17-15-59-65(53,54)55/h1-14,19,35,41H,15-18,20H2,(H,36,42)(H,47,48,49)(H,50,51,52)(H,53,54,55)(H,56,57,58)/b39-37+,40-38+. The Bertz CT molecular complexity index is 3430. The smallest absolute Gasteiger partial charge is 0.397 e. The van der Waals surface area contributed by atoms with Crippen molar-refractivity contribution in [2.45, 2.75) is 14.7 Å². The van der Waals surface area contributed by atoms with Crippen LogP contribution < -0.4 is 10.6 Å². The molecule has 0 aliphatic carbocycles. The van der Waals surface area contributed by atoms with E-state index in [-0.39, 0.29) is 54.6 Å². The van der Waals surface area contributed by atoms with E-state index in [2.05, 4.69) is 39.5 Å². The van der Waals surface area contributed by atoms with Gasteiger partial charge in [-0.1, -0.05) is 0 Å². The number of hydrogen-bond acceptors (Lipinski definition) is 21. The summed E-state index contributed by atoms with van der Waals surface area (Å²) in [7, 11) is -27.9. The van der Waals surface area contributed by atoms with Crippen molar-refractivity contribution in [2.24, 2.45) is 20.5 Å². The van der Waals surface area contributed by atoms with Crippen LogP contribution in [-0.4, -0.2) is 110 Å². The van der Waals surface area contributed by atoms with Crippen molar-refractivity contribution >= 4 is 112 Å². The highest BCUT2D eigenvalue weighted by Crippen LogP contribution is 2.46. The molecule has 32 heteroatoms. The molecule has 0 spiro atoms. The number of sulfone groups is 2. The van der Waals surface area contributed by atoms with Crippen molar-refractivity contribution in [1.29, 1.82) is 0 Å². The molecule has 0 aliphatic rings. The molecule has 0 radical (unpaired) electrons. The molecule has 26 nitrogen and oxygen atoms in total. The van der Waals surface area contributed by atoms with Gasteiger partial charge in [-0.25, -0.2) is 25.2 Å². The first-order chi connectivity index (χ1) is 30.5. The molecule has 1 amide bonds. The summed E-state index contributed by atoms with van der Waals surface area (Å²) in [6.07, 6.45) is 0. The molecule has 7 N–H and O–H groups in total. The molecule has 0 saturated heterocycles. The van der Waals surface area contributed by atoms with Gasteiger partial charge in [0.1, 0.15) is 22.1 Å². The highest BCUT2D eigenvalue weighted by molar-refractivity contribution is 7.91. The van der Waals surface area contributed by atoms with Gasteiger partial charge >= 0.3 is 20.8 Å². The van der Waals surface area contributed by atoms with E-state index in [1.165, 1.54) is 42.5 Å². The summed E-state index contributed by atoms with van der Waals surface area (Å²) in [5.74, 6) is -4.29. The lowest BCUT2D eigenvalue weighted by molar-refractivity contribution is 0.102.